The molecule has 122 valence electrons. The fraction of sp³-hybridized carbons (Fsp3) is 0.333. The van der Waals surface area contributed by atoms with E-state index >= 15 is 0 Å². The molecule has 23 heavy (non-hydrogen) atoms. The van der Waals surface area contributed by atoms with E-state index in [2.05, 4.69) is 41.5 Å². The van der Waals surface area contributed by atoms with Crippen LogP contribution in [0.1, 0.15) is 31.0 Å². The van der Waals surface area contributed by atoms with Crippen molar-refractivity contribution in [1.29, 1.82) is 0 Å². The van der Waals surface area contributed by atoms with Crippen LogP contribution in [0.25, 0.3) is 0 Å². The number of amides is 2. The summed E-state index contributed by atoms with van der Waals surface area (Å²) in [6, 6.07) is 12.1. The molecule has 1 aromatic carbocycles. The highest BCUT2D eigenvalue weighted by molar-refractivity contribution is 7.99. The molecule has 0 saturated heterocycles. The lowest BCUT2D eigenvalue weighted by atomic mass is 10.1. The van der Waals surface area contributed by atoms with Gasteiger partial charge in [-0.3, -0.25) is 4.98 Å². The Hall–Kier alpha value is -2.01. The largest absolute Gasteiger partial charge is 0.331 e. The third-order valence-electron chi connectivity index (χ3n) is 3.55. The molecule has 0 aliphatic heterocycles. The zero-order valence-electron chi connectivity index (χ0n) is 13.8. The van der Waals surface area contributed by atoms with Crippen LogP contribution < -0.4 is 5.32 Å². The topological polar surface area (TPSA) is 45.2 Å². The predicted octanol–water partition coefficient (Wildman–Crippen LogP) is 4.10. The number of urea groups is 1. The van der Waals surface area contributed by atoms with Gasteiger partial charge < -0.3 is 10.2 Å². The Balaban J connectivity index is 1.90. The standard InChI is InChI=1S/C18H23N3OS/c1-4-23-17-7-5-16(6-8-17)14(2)20-18(22)21(3)13-15-9-11-19-12-10-15/h5-12,14H,4,13H2,1-3H3,(H,20,22)/t14-/m1/s1. The minimum absolute atomic E-state index is 0.0249. The first-order valence-corrected chi connectivity index (χ1v) is 8.72. The molecule has 2 amide bonds. The number of nitrogens with zero attached hydrogens (tertiary/aromatic N) is 2. The van der Waals surface area contributed by atoms with Crippen molar-refractivity contribution in [3.05, 3.63) is 59.9 Å². The summed E-state index contributed by atoms with van der Waals surface area (Å²) in [6.07, 6.45) is 3.47. The van der Waals surface area contributed by atoms with Crippen LogP contribution in [0, 0.1) is 0 Å². The van der Waals surface area contributed by atoms with Crippen molar-refractivity contribution < 1.29 is 4.79 Å². The Morgan fingerprint density at radius 1 is 1.22 bits per heavy atom. The van der Waals surface area contributed by atoms with Crippen molar-refractivity contribution in [2.75, 3.05) is 12.8 Å². The molecule has 0 saturated carbocycles. The summed E-state index contributed by atoms with van der Waals surface area (Å²) in [5.74, 6) is 1.06. The highest BCUT2D eigenvalue weighted by atomic mass is 32.2. The summed E-state index contributed by atoms with van der Waals surface area (Å²) in [7, 11) is 1.80. The van der Waals surface area contributed by atoms with E-state index in [1.807, 2.05) is 30.8 Å². The Morgan fingerprint density at radius 3 is 2.48 bits per heavy atom. The van der Waals surface area contributed by atoms with Crippen molar-refractivity contribution >= 4 is 17.8 Å². The second-order valence-electron chi connectivity index (χ2n) is 5.38. The second kappa shape index (κ2) is 8.58. The van der Waals surface area contributed by atoms with Crippen LogP contribution in [-0.4, -0.2) is 28.7 Å². The number of benzene rings is 1. The molecule has 1 heterocycles. The number of rotatable bonds is 6. The normalized spacial score (nSPS) is 11.8. The lowest BCUT2D eigenvalue weighted by Crippen LogP contribution is -2.38. The molecule has 0 radical (unpaired) electrons. The van der Waals surface area contributed by atoms with Crippen molar-refractivity contribution in [1.82, 2.24) is 15.2 Å². The summed E-state index contributed by atoms with van der Waals surface area (Å²) >= 11 is 1.82. The van der Waals surface area contributed by atoms with Gasteiger partial charge in [-0.25, -0.2) is 4.79 Å². The van der Waals surface area contributed by atoms with Gasteiger partial charge in [-0.05, 0) is 48.1 Å². The van der Waals surface area contributed by atoms with E-state index in [1.54, 1.807) is 24.3 Å². The zero-order valence-corrected chi connectivity index (χ0v) is 14.6. The van der Waals surface area contributed by atoms with E-state index in [-0.39, 0.29) is 12.1 Å². The number of aromatic nitrogens is 1. The lowest BCUT2D eigenvalue weighted by Gasteiger charge is -2.22. The van der Waals surface area contributed by atoms with E-state index < -0.39 is 0 Å². The molecule has 1 N–H and O–H groups in total. The molecule has 0 unspecified atom stereocenters. The number of pyridine rings is 1. The van der Waals surface area contributed by atoms with Gasteiger partial charge in [0.25, 0.3) is 0 Å². The lowest BCUT2D eigenvalue weighted by molar-refractivity contribution is 0.203. The molecule has 0 aliphatic rings. The molecule has 2 rings (SSSR count). The maximum Gasteiger partial charge on any atom is 0.317 e. The summed E-state index contributed by atoms with van der Waals surface area (Å²) in [5.41, 5.74) is 2.17. The van der Waals surface area contributed by atoms with Crippen LogP contribution in [-0.2, 0) is 6.54 Å². The van der Waals surface area contributed by atoms with Gasteiger partial charge in [0.15, 0.2) is 0 Å². The second-order valence-corrected chi connectivity index (χ2v) is 6.72. The highest BCUT2D eigenvalue weighted by Gasteiger charge is 2.13. The first kappa shape index (κ1) is 17.3. The molecular weight excluding hydrogens is 306 g/mol. The minimum Gasteiger partial charge on any atom is -0.331 e. The average Bonchev–Trinajstić information content (AvgIpc) is 2.56. The predicted molar refractivity (Wildman–Crippen MR) is 95.5 cm³/mol. The fourth-order valence-electron chi connectivity index (χ4n) is 2.23. The molecule has 1 atom stereocenters. The number of thioether (sulfide) groups is 1. The monoisotopic (exact) mass is 329 g/mol. The SMILES string of the molecule is CCSc1ccc([C@@H](C)NC(=O)N(C)Cc2ccncc2)cc1. The van der Waals surface area contributed by atoms with E-state index in [4.69, 9.17) is 0 Å². The zero-order chi connectivity index (χ0) is 16.7. The average molecular weight is 329 g/mol. The van der Waals surface area contributed by atoms with E-state index in [9.17, 15) is 4.79 Å². The van der Waals surface area contributed by atoms with Crippen LogP contribution in [0.4, 0.5) is 4.79 Å². The van der Waals surface area contributed by atoms with E-state index in [0.29, 0.717) is 6.54 Å². The van der Waals surface area contributed by atoms with Crippen molar-refractivity contribution in [3.8, 4) is 0 Å². The quantitative estimate of drug-likeness (QED) is 0.812. The fourth-order valence-corrected chi connectivity index (χ4v) is 2.89. The molecular formula is C18H23N3OS. The maximum absolute atomic E-state index is 12.3. The van der Waals surface area contributed by atoms with Gasteiger partial charge in [0.05, 0.1) is 6.04 Å². The molecule has 1 aromatic heterocycles. The first-order valence-electron chi connectivity index (χ1n) is 7.73. The number of nitrogens with one attached hydrogen (secondary N) is 1. The van der Waals surface area contributed by atoms with Crippen molar-refractivity contribution in [2.45, 2.75) is 31.3 Å². The molecule has 0 aliphatic carbocycles. The number of carbonyl (C=O) groups is 1. The Bertz CT molecular complexity index is 616. The van der Waals surface area contributed by atoms with Crippen molar-refractivity contribution in [2.24, 2.45) is 0 Å². The van der Waals surface area contributed by atoms with Gasteiger partial charge in [0.1, 0.15) is 0 Å². The van der Waals surface area contributed by atoms with Crippen LogP contribution in [0.15, 0.2) is 53.7 Å². The smallest absolute Gasteiger partial charge is 0.317 e. The Labute approximate surface area is 142 Å². The van der Waals surface area contributed by atoms with Crippen LogP contribution in [0.2, 0.25) is 0 Å². The summed E-state index contributed by atoms with van der Waals surface area (Å²) < 4.78 is 0. The molecule has 4 nitrogen and oxygen atoms in total. The number of hydrogen-bond acceptors (Lipinski definition) is 3. The Morgan fingerprint density at radius 2 is 1.87 bits per heavy atom. The van der Waals surface area contributed by atoms with Gasteiger partial charge in [-0.1, -0.05) is 19.1 Å². The van der Waals surface area contributed by atoms with Crippen LogP contribution in [0.3, 0.4) is 0 Å². The third kappa shape index (κ3) is 5.28. The molecule has 2 aromatic rings. The molecule has 0 fully saturated rings. The molecule has 5 heteroatoms. The van der Waals surface area contributed by atoms with Crippen molar-refractivity contribution in [3.63, 3.8) is 0 Å². The van der Waals surface area contributed by atoms with Crippen LogP contribution in [0.5, 0.6) is 0 Å². The van der Waals surface area contributed by atoms with Gasteiger partial charge in [0, 0.05) is 30.9 Å². The molecule has 0 bridgehead atoms. The van der Waals surface area contributed by atoms with E-state index in [0.717, 1.165) is 16.9 Å². The van der Waals surface area contributed by atoms with Gasteiger partial charge >= 0.3 is 6.03 Å². The Kier molecular flexibility index (Phi) is 6.47. The van der Waals surface area contributed by atoms with Gasteiger partial charge in [-0.15, -0.1) is 11.8 Å². The maximum atomic E-state index is 12.3. The van der Waals surface area contributed by atoms with Gasteiger partial charge in [0.2, 0.25) is 0 Å². The molecule has 0 spiro atoms. The van der Waals surface area contributed by atoms with E-state index in [1.165, 1.54) is 4.90 Å². The minimum atomic E-state index is -0.0821. The third-order valence-corrected chi connectivity index (χ3v) is 4.44. The summed E-state index contributed by atoms with van der Waals surface area (Å²) in [4.78, 5) is 19.2. The number of hydrogen-bond donors (Lipinski definition) is 1. The summed E-state index contributed by atoms with van der Waals surface area (Å²) in [5, 5.41) is 3.03. The summed E-state index contributed by atoms with van der Waals surface area (Å²) in [6.45, 7) is 4.70. The number of carbonyl (C=O) groups excluding carboxylic acids is 1. The first-order chi connectivity index (χ1) is 11.1. The highest BCUT2D eigenvalue weighted by Crippen LogP contribution is 2.20. The van der Waals surface area contributed by atoms with Crippen LogP contribution >= 0.6 is 11.8 Å². The van der Waals surface area contributed by atoms with Gasteiger partial charge in [-0.2, -0.15) is 0 Å².